The molecule has 1 heterocycles. The molecule has 0 aliphatic rings. The summed E-state index contributed by atoms with van der Waals surface area (Å²) in [5.74, 6) is -0.683. The Kier molecular flexibility index (Phi) is 3.88. The maximum absolute atomic E-state index is 11.0. The van der Waals surface area contributed by atoms with Crippen LogP contribution in [0.15, 0.2) is 22.7 Å². The first-order valence-electron chi connectivity index (χ1n) is 5.96. The van der Waals surface area contributed by atoms with Crippen LogP contribution in [-0.2, 0) is 6.61 Å². The third-order valence-electron chi connectivity index (χ3n) is 2.96. The topological polar surface area (TPSA) is 116 Å². The van der Waals surface area contributed by atoms with Crippen LogP contribution in [0.4, 0.5) is 5.69 Å². The van der Waals surface area contributed by atoms with Gasteiger partial charge in [-0.1, -0.05) is 5.16 Å². The molecule has 1 aromatic heterocycles. The van der Waals surface area contributed by atoms with Gasteiger partial charge in [0.05, 0.1) is 21.7 Å². The van der Waals surface area contributed by atoms with Gasteiger partial charge in [-0.15, -0.1) is 0 Å². The van der Waals surface area contributed by atoms with E-state index in [1.165, 1.54) is 12.1 Å². The SMILES string of the molecule is Cc1noc(C)c1COc1ccc(C(=O)O)cc1[N+](=O)[O-]. The number of carboxylic acids is 1. The molecule has 0 fully saturated rings. The number of nitro groups is 1. The molecule has 0 radical (unpaired) electrons. The van der Waals surface area contributed by atoms with Crippen molar-refractivity contribution in [2.75, 3.05) is 0 Å². The monoisotopic (exact) mass is 292 g/mol. The van der Waals surface area contributed by atoms with Crippen molar-refractivity contribution in [1.29, 1.82) is 0 Å². The van der Waals surface area contributed by atoms with E-state index in [9.17, 15) is 14.9 Å². The molecule has 0 atom stereocenters. The average Bonchev–Trinajstić information content (AvgIpc) is 2.75. The molecule has 1 N–H and O–H groups in total. The smallest absolute Gasteiger partial charge is 0.335 e. The van der Waals surface area contributed by atoms with E-state index in [-0.39, 0.29) is 17.9 Å². The molecule has 0 spiro atoms. The second kappa shape index (κ2) is 5.61. The molecule has 0 aliphatic heterocycles. The predicted octanol–water partition coefficient (Wildman–Crippen LogP) is 2.48. The van der Waals surface area contributed by atoms with E-state index in [2.05, 4.69) is 5.16 Å². The van der Waals surface area contributed by atoms with E-state index in [1.807, 2.05) is 0 Å². The summed E-state index contributed by atoms with van der Waals surface area (Å²) in [7, 11) is 0. The number of benzene rings is 1. The number of carboxylic acid groups (broad SMARTS) is 1. The summed E-state index contributed by atoms with van der Waals surface area (Å²) >= 11 is 0. The number of hydrogen-bond donors (Lipinski definition) is 1. The Bertz CT molecular complexity index is 687. The lowest BCUT2D eigenvalue weighted by atomic mass is 10.2. The summed E-state index contributed by atoms with van der Waals surface area (Å²) in [6.07, 6.45) is 0. The summed E-state index contributed by atoms with van der Waals surface area (Å²) < 4.78 is 10.4. The van der Waals surface area contributed by atoms with Crippen molar-refractivity contribution < 1.29 is 24.1 Å². The van der Waals surface area contributed by atoms with Gasteiger partial charge in [0.25, 0.3) is 0 Å². The predicted molar refractivity (Wildman–Crippen MR) is 70.4 cm³/mol. The maximum Gasteiger partial charge on any atom is 0.335 e. The first kappa shape index (κ1) is 14.5. The fourth-order valence-corrected chi connectivity index (χ4v) is 1.77. The summed E-state index contributed by atoms with van der Waals surface area (Å²) in [6.45, 7) is 3.49. The van der Waals surface area contributed by atoms with Crippen molar-refractivity contribution in [3.8, 4) is 5.75 Å². The quantitative estimate of drug-likeness (QED) is 0.664. The Morgan fingerprint density at radius 2 is 2.19 bits per heavy atom. The van der Waals surface area contributed by atoms with E-state index in [1.54, 1.807) is 13.8 Å². The fraction of sp³-hybridized carbons (Fsp3) is 0.231. The maximum atomic E-state index is 11.0. The van der Waals surface area contributed by atoms with Gasteiger partial charge in [0, 0.05) is 6.07 Å². The summed E-state index contributed by atoms with van der Waals surface area (Å²) in [5, 5.41) is 23.6. The standard InChI is InChI=1S/C13H12N2O6/c1-7-10(8(2)21-14-7)6-20-12-4-3-9(13(16)17)5-11(12)15(18)19/h3-5H,6H2,1-2H3,(H,16,17). The lowest BCUT2D eigenvalue weighted by Crippen LogP contribution is -2.03. The highest BCUT2D eigenvalue weighted by Crippen LogP contribution is 2.29. The number of carbonyl (C=O) groups is 1. The number of hydrogen-bond acceptors (Lipinski definition) is 6. The van der Waals surface area contributed by atoms with Crippen molar-refractivity contribution in [3.63, 3.8) is 0 Å². The molecule has 2 aromatic rings. The average molecular weight is 292 g/mol. The molecule has 8 heteroatoms. The molecule has 0 amide bonds. The molecule has 0 saturated heterocycles. The van der Waals surface area contributed by atoms with Gasteiger partial charge in [-0.05, 0) is 26.0 Å². The molecule has 1 aromatic carbocycles. The van der Waals surface area contributed by atoms with E-state index < -0.39 is 16.6 Å². The van der Waals surface area contributed by atoms with Gasteiger partial charge in [0.1, 0.15) is 12.4 Å². The number of aryl methyl sites for hydroxylation is 2. The normalized spacial score (nSPS) is 10.4. The van der Waals surface area contributed by atoms with E-state index >= 15 is 0 Å². The van der Waals surface area contributed by atoms with Crippen molar-refractivity contribution in [1.82, 2.24) is 5.16 Å². The fourth-order valence-electron chi connectivity index (χ4n) is 1.77. The summed E-state index contributed by atoms with van der Waals surface area (Å²) in [4.78, 5) is 21.1. The minimum atomic E-state index is -1.24. The summed E-state index contributed by atoms with van der Waals surface area (Å²) in [6, 6.07) is 3.47. The Balaban J connectivity index is 2.28. The minimum absolute atomic E-state index is 0.00926. The van der Waals surface area contributed by atoms with E-state index in [0.29, 0.717) is 17.0 Å². The summed E-state index contributed by atoms with van der Waals surface area (Å²) in [5.41, 5.74) is 0.761. The van der Waals surface area contributed by atoms with Gasteiger partial charge < -0.3 is 14.4 Å². The van der Waals surface area contributed by atoms with Crippen LogP contribution < -0.4 is 4.74 Å². The van der Waals surface area contributed by atoms with Gasteiger partial charge in [-0.25, -0.2) is 4.79 Å². The number of nitrogens with zero attached hydrogens (tertiary/aromatic N) is 2. The number of aromatic nitrogens is 1. The first-order valence-corrected chi connectivity index (χ1v) is 5.96. The second-order valence-electron chi connectivity index (χ2n) is 4.34. The van der Waals surface area contributed by atoms with Crippen LogP contribution in [0.1, 0.15) is 27.4 Å². The zero-order valence-corrected chi connectivity index (χ0v) is 11.3. The van der Waals surface area contributed by atoms with Crippen LogP contribution in [0, 0.1) is 24.0 Å². The van der Waals surface area contributed by atoms with E-state index in [0.717, 1.165) is 6.07 Å². The number of nitro benzene ring substituents is 1. The molecule has 21 heavy (non-hydrogen) atoms. The lowest BCUT2D eigenvalue weighted by molar-refractivity contribution is -0.386. The lowest BCUT2D eigenvalue weighted by Gasteiger charge is -2.07. The molecule has 8 nitrogen and oxygen atoms in total. The Hall–Kier alpha value is -2.90. The molecule has 0 aliphatic carbocycles. The second-order valence-corrected chi connectivity index (χ2v) is 4.34. The van der Waals surface area contributed by atoms with Crippen LogP contribution >= 0.6 is 0 Å². The highest BCUT2D eigenvalue weighted by molar-refractivity contribution is 5.88. The Morgan fingerprint density at radius 1 is 1.48 bits per heavy atom. The van der Waals surface area contributed by atoms with Gasteiger partial charge in [0.15, 0.2) is 5.75 Å². The number of aromatic carboxylic acids is 1. The van der Waals surface area contributed by atoms with Crippen LogP contribution in [0.3, 0.4) is 0 Å². The van der Waals surface area contributed by atoms with Crippen molar-refractivity contribution in [2.24, 2.45) is 0 Å². The van der Waals surface area contributed by atoms with Gasteiger partial charge >= 0.3 is 11.7 Å². The molecule has 0 saturated carbocycles. The third-order valence-corrected chi connectivity index (χ3v) is 2.96. The number of rotatable bonds is 5. The van der Waals surface area contributed by atoms with Crippen molar-refractivity contribution >= 4 is 11.7 Å². The molecule has 110 valence electrons. The van der Waals surface area contributed by atoms with Crippen molar-refractivity contribution in [2.45, 2.75) is 20.5 Å². The van der Waals surface area contributed by atoms with Gasteiger partial charge in [-0.2, -0.15) is 0 Å². The van der Waals surface area contributed by atoms with Crippen LogP contribution in [0.25, 0.3) is 0 Å². The largest absolute Gasteiger partial charge is 0.482 e. The molecule has 0 bridgehead atoms. The minimum Gasteiger partial charge on any atom is -0.482 e. The number of ether oxygens (including phenoxy) is 1. The van der Waals surface area contributed by atoms with E-state index in [4.69, 9.17) is 14.4 Å². The third kappa shape index (κ3) is 2.99. The van der Waals surface area contributed by atoms with Gasteiger partial charge in [-0.3, -0.25) is 10.1 Å². The van der Waals surface area contributed by atoms with Crippen LogP contribution in [-0.4, -0.2) is 21.2 Å². The molecule has 0 unspecified atom stereocenters. The van der Waals surface area contributed by atoms with Crippen molar-refractivity contribution in [3.05, 3.63) is 50.9 Å². The molecular weight excluding hydrogens is 280 g/mol. The highest BCUT2D eigenvalue weighted by Gasteiger charge is 2.19. The highest BCUT2D eigenvalue weighted by atomic mass is 16.6. The molecule has 2 rings (SSSR count). The Labute approximate surface area is 119 Å². The zero-order valence-electron chi connectivity index (χ0n) is 11.3. The zero-order chi connectivity index (χ0) is 15.6. The van der Waals surface area contributed by atoms with Crippen LogP contribution in [0.5, 0.6) is 5.75 Å². The Morgan fingerprint density at radius 3 is 2.71 bits per heavy atom. The van der Waals surface area contributed by atoms with Crippen LogP contribution in [0.2, 0.25) is 0 Å². The molecular formula is C13H12N2O6. The van der Waals surface area contributed by atoms with Gasteiger partial charge in [0.2, 0.25) is 0 Å². The first-order chi connectivity index (χ1) is 9.90.